The van der Waals surface area contributed by atoms with Crippen LogP contribution in [0, 0.1) is 0 Å². The lowest BCUT2D eigenvalue weighted by Crippen LogP contribution is -2.55. The molecule has 2 aromatic carbocycles. The standard InChI is InChI=1S/C29H29F3N4O4/c1-17(2)23-22(28(39)40-4)24(34-25(33-23)19-9-6-5-7-10-19)27(38)35-13-14-36(18(3)16-35)26(37)20-11-8-12-21(15-20)29(30,31)32/h5-12,15,17-18H,13-14,16H2,1-4H3. The number of carbonyl (C=O) groups is 3. The van der Waals surface area contributed by atoms with Gasteiger partial charge in [-0.2, -0.15) is 13.2 Å². The first-order valence-corrected chi connectivity index (χ1v) is 12.8. The van der Waals surface area contributed by atoms with E-state index >= 15 is 0 Å². The van der Waals surface area contributed by atoms with Gasteiger partial charge in [0.2, 0.25) is 0 Å². The number of piperazine rings is 1. The maximum Gasteiger partial charge on any atom is 0.416 e. The van der Waals surface area contributed by atoms with Crippen LogP contribution in [0.15, 0.2) is 54.6 Å². The molecule has 0 bridgehead atoms. The van der Waals surface area contributed by atoms with E-state index in [0.717, 1.165) is 12.1 Å². The van der Waals surface area contributed by atoms with Crippen LogP contribution in [0.5, 0.6) is 0 Å². The molecule has 0 N–H and O–H groups in total. The third-order valence-corrected chi connectivity index (χ3v) is 6.72. The third kappa shape index (κ3) is 5.83. The fourth-order valence-electron chi connectivity index (χ4n) is 4.66. The average Bonchev–Trinajstić information content (AvgIpc) is 2.95. The van der Waals surface area contributed by atoms with Gasteiger partial charge in [-0.3, -0.25) is 9.59 Å². The van der Waals surface area contributed by atoms with E-state index in [2.05, 4.69) is 9.97 Å². The lowest BCUT2D eigenvalue weighted by atomic mass is 10.00. The predicted octanol–water partition coefficient (Wildman–Crippen LogP) is 5.06. The van der Waals surface area contributed by atoms with E-state index in [4.69, 9.17) is 4.74 Å². The van der Waals surface area contributed by atoms with Gasteiger partial charge in [0, 0.05) is 36.8 Å². The summed E-state index contributed by atoms with van der Waals surface area (Å²) in [5.41, 5.74) is -0.0739. The van der Waals surface area contributed by atoms with Crippen molar-refractivity contribution in [3.05, 3.63) is 82.7 Å². The van der Waals surface area contributed by atoms with Crippen molar-refractivity contribution in [3.63, 3.8) is 0 Å². The average molecular weight is 555 g/mol. The Balaban J connectivity index is 1.65. The minimum atomic E-state index is -4.57. The Morgan fingerprint density at radius 2 is 1.68 bits per heavy atom. The monoisotopic (exact) mass is 554 g/mol. The molecule has 1 atom stereocenters. The summed E-state index contributed by atoms with van der Waals surface area (Å²) in [6.45, 7) is 5.67. The number of nitrogens with zero attached hydrogens (tertiary/aromatic N) is 4. The van der Waals surface area contributed by atoms with Crippen molar-refractivity contribution >= 4 is 17.8 Å². The van der Waals surface area contributed by atoms with E-state index in [1.165, 1.54) is 29.0 Å². The highest BCUT2D eigenvalue weighted by atomic mass is 19.4. The van der Waals surface area contributed by atoms with Gasteiger partial charge in [-0.25, -0.2) is 14.8 Å². The van der Waals surface area contributed by atoms with E-state index in [9.17, 15) is 27.6 Å². The van der Waals surface area contributed by atoms with Crippen LogP contribution in [0.4, 0.5) is 13.2 Å². The second kappa shape index (κ2) is 11.4. The first kappa shape index (κ1) is 28.7. The van der Waals surface area contributed by atoms with Gasteiger partial charge >= 0.3 is 12.1 Å². The van der Waals surface area contributed by atoms with Crippen LogP contribution in [0.3, 0.4) is 0 Å². The molecule has 8 nitrogen and oxygen atoms in total. The molecular formula is C29H29F3N4O4. The quantitative estimate of drug-likeness (QED) is 0.410. The molecule has 4 rings (SSSR count). The maximum atomic E-state index is 13.8. The molecule has 40 heavy (non-hydrogen) atoms. The van der Waals surface area contributed by atoms with Gasteiger partial charge in [-0.05, 0) is 31.0 Å². The molecule has 210 valence electrons. The molecule has 11 heteroatoms. The summed E-state index contributed by atoms with van der Waals surface area (Å²) in [7, 11) is 1.21. The van der Waals surface area contributed by atoms with Gasteiger partial charge in [0.1, 0.15) is 11.3 Å². The molecule has 2 heterocycles. The summed E-state index contributed by atoms with van der Waals surface area (Å²) < 4.78 is 44.5. The zero-order valence-corrected chi connectivity index (χ0v) is 22.5. The molecule has 0 spiro atoms. The third-order valence-electron chi connectivity index (χ3n) is 6.72. The Bertz CT molecular complexity index is 1430. The Morgan fingerprint density at radius 3 is 2.27 bits per heavy atom. The van der Waals surface area contributed by atoms with Crippen LogP contribution >= 0.6 is 0 Å². The molecule has 0 saturated carbocycles. The van der Waals surface area contributed by atoms with Gasteiger partial charge in [0.25, 0.3) is 11.8 Å². The number of hydrogen-bond acceptors (Lipinski definition) is 6. The zero-order chi connectivity index (χ0) is 29.2. The number of esters is 1. The number of rotatable bonds is 5. The summed E-state index contributed by atoms with van der Waals surface area (Å²) in [6.07, 6.45) is -4.57. The number of amides is 2. The number of halogens is 3. The van der Waals surface area contributed by atoms with E-state index in [1.807, 2.05) is 32.0 Å². The maximum absolute atomic E-state index is 13.8. The largest absolute Gasteiger partial charge is 0.465 e. The number of ether oxygens (including phenoxy) is 1. The Kier molecular flexibility index (Phi) is 8.22. The molecule has 1 aliphatic heterocycles. The molecule has 1 fully saturated rings. The van der Waals surface area contributed by atoms with E-state index in [1.54, 1.807) is 19.1 Å². The van der Waals surface area contributed by atoms with E-state index < -0.39 is 35.6 Å². The fraction of sp³-hybridized carbons (Fsp3) is 0.345. The van der Waals surface area contributed by atoms with Gasteiger partial charge in [0.15, 0.2) is 5.82 Å². The van der Waals surface area contributed by atoms with Crippen LogP contribution in [0.1, 0.15) is 69.2 Å². The van der Waals surface area contributed by atoms with Crippen LogP contribution in [-0.2, 0) is 10.9 Å². The zero-order valence-electron chi connectivity index (χ0n) is 22.5. The Morgan fingerprint density at radius 1 is 0.975 bits per heavy atom. The summed E-state index contributed by atoms with van der Waals surface area (Å²) >= 11 is 0. The van der Waals surface area contributed by atoms with Crippen molar-refractivity contribution in [1.82, 2.24) is 19.8 Å². The molecule has 1 saturated heterocycles. The molecule has 2 amide bonds. The molecule has 0 aliphatic carbocycles. The number of carbonyl (C=O) groups excluding carboxylic acids is 3. The second-order valence-electron chi connectivity index (χ2n) is 9.85. The first-order valence-electron chi connectivity index (χ1n) is 12.8. The molecule has 1 aliphatic rings. The molecule has 0 radical (unpaired) electrons. The van der Waals surface area contributed by atoms with Crippen LogP contribution in [0.2, 0.25) is 0 Å². The van der Waals surface area contributed by atoms with Crippen molar-refractivity contribution in [2.75, 3.05) is 26.7 Å². The minimum absolute atomic E-state index is 0.0164. The number of alkyl halides is 3. The minimum Gasteiger partial charge on any atom is -0.465 e. The highest BCUT2D eigenvalue weighted by Gasteiger charge is 2.36. The molecule has 3 aromatic rings. The van der Waals surface area contributed by atoms with Crippen LogP contribution in [-0.4, -0.2) is 70.3 Å². The van der Waals surface area contributed by atoms with Crippen molar-refractivity contribution in [2.45, 2.75) is 38.9 Å². The second-order valence-corrected chi connectivity index (χ2v) is 9.85. The van der Waals surface area contributed by atoms with Crippen molar-refractivity contribution in [2.24, 2.45) is 0 Å². The van der Waals surface area contributed by atoms with Crippen molar-refractivity contribution in [3.8, 4) is 11.4 Å². The normalized spacial score (nSPS) is 15.8. The Labute approximate surface area is 229 Å². The lowest BCUT2D eigenvalue weighted by molar-refractivity contribution is -0.137. The first-order chi connectivity index (χ1) is 18.9. The highest BCUT2D eigenvalue weighted by molar-refractivity contribution is 6.05. The number of aromatic nitrogens is 2. The smallest absolute Gasteiger partial charge is 0.416 e. The Hall–Kier alpha value is -4.28. The fourth-order valence-corrected chi connectivity index (χ4v) is 4.66. The highest BCUT2D eigenvalue weighted by Crippen LogP contribution is 2.30. The topological polar surface area (TPSA) is 92.7 Å². The van der Waals surface area contributed by atoms with Gasteiger partial charge in [-0.15, -0.1) is 0 Å². The van der Waals surface area contributed by atoms with Gasteiger partial charge in [-0.1, -0.05) is 50.2 Å². The van der Waals surface area contributed by atoms with Crippen LogP contribution < -0.4 is 0 Å². The predicted molar refractivity (Wildman–Crippen MR) is 141 cm³/mol. The molecular weight excluding hydrogens is 525 g/mol. The summed E-state index contributed by atoms with van der Waals surface area (Å²) in [5, 5.41) is 0. The summed E-state index contributed by atoms with van der Waals surface area (Å²) in [6, 6.07) is 12.8. The van der Waals surface area contributed by atoms with Gasteiger partial charge in [0.05, 0.1) is 18.4 Å². The lowest BCUT2D eigenvalue weighted by Gasteiger charge is -2.40. The van der Waals surface area contributed by atoms with Crippen molar-refractivity contribution in [1.29, 1.82) is 0 Å². The number of benzene rings is 2. The molecule has 1 aromatic heterocycles. The van der Waals surface area contributed by atoms with Gasteiger partial charge < -0.3 is 14.5 Å². The van der Waals surface area contributed by atoms with E-state index in [0.29, 0.717) is 11.3 Å². The summed E-state index contributed by atoms with van der Waals surface area (Å²) in [5.74, 6) is -1.77. The van der Waals surface area contributed by atoms with E-state index in [-0.39, 0.29) is 48.2 Å². The number of methoxy groups -OCH3 is 1. The van der Waals surface area contributed by atoms with Crippen LogP contribution in [0.25, 0.3) is 11.4 Å². The number of hydrogen-bond donors (Lipinski definition) is 0. The molecule has 1 unspecified atom stereocenters. The SMILES string of the molecule is COC(=O)c1c(C(=O)N2CCN(C(=O)c3cccc(C(F)(F)F)c3)C(C)C2)nc(-c2ccccc2)nc1C(C)C. The summed E-state index contributed by atoms with van der Waals surface area (Å²) in [4.78, 5) is 51.8. The van der Waals surface area contributed by atoms with Crippen molar-refractivity contribution < 1.29 is 32.3 Å².